The van der Waals surface area contributed by atoms with E-state index in [0.717, 1.165) is 50.8 Å². The maximum absolute atomic E-state index is 6.53. The molecule has 0 spiro atoms. The van der Waals surface area contributed by atoms with E-state index >= 15 is 0 Å². The van der Waals surface area contributed by atoms with Crippen LogP contribution in [0.5, 0.6) is 11.5 Å². The van der Waals surface area contributed by atoms with Crippen molar-refractivity contribution in [1.29, 1.82) is 0 Å². The Bertz CT molecular complexity index is 2140. The molecule has 0 saturated carbocycles. The molecule has 9 rings (SSSR count). The molecule has 0 N–H and O–H groups in total. The summed E-state index contributed by atoms with van der Waals surface area (Å²) in [6.07, 6.45) is 5.75. The van der Waals surface area contributed by atoms with E-state index in [1.54, 1.807) is 0 Å². The van der Waals surface area contributed by atoms with E-state index in [4.69, 9.17) is 9.72 Å². The van der Waals surface area contributed by atoms with E-state index in [1.165, 1.54) is 16.8 Å². The van der Waals surface area contributed by atoms with Gasteiger partial charge in [0.15, 0.2) is 0 Å². The average Bonchev–Trinajstić information content (AvgIpc) is 3.71. The number of hydrogen-bond acceptors (Lipinski definition) is 5. The third-order valence-corrected chi connectivity index (χ3v) is 8.24. The first-order chi connectivity index (χ1) is 20.3. The fourth-order valence-electron chi connectivity index (χ4n) is 6.51. The van der Waals surface area contributed by atoms with Gasteiger partial charge in [-0.05, 0) is 67.7 Å². The Morgan fingerprint density at radius 1 is 0.659 bits per heavy atom. The molecule has 3 aromatic heterocycles. The van der Waals surface area contributed by atoms with E-state index in [0.29, 0.717) is 0 Å². The van der Waals surface area contributed by atoms with E-state index in [9.17, 15) is 0 Å². The maximum Gasteiger partial charge on any atom is 0.515 e. The molecule has 0 bridgehead atoms. The first-order valence-corrected chi connectivity index (χ1v) is 13.7. The molecule has 2 aliphatic heterocycles. The fourth-order valence-corrected chi connectivity index (χ4v) is 6.51. The van der Waals surface area contributed by atoms with E-state index < -0.39 is 0 Å². The highest BCUT2D eigenvalue weighted by molar-refractivity contribution is 6.71. The number of rotatable bonds is 3. The van der Waals surface area contributed by atoms with E-state index in [-0.39, 0.29) is 7.12 Å². The molecule has 7 aromatic rings. The topological polar surface area (TPSA) is 51.4 Å². The minimum Gasteiger partial charge on any atom is -0.457 e. The molecule has 0 fully saturated rings. The highest BCUT2D eigenvalue weighted by Crippen LogP contribution is 2.49. The van der Waals surface area contributed by atoms with Gasteiger partial charge in [-0.3, -0.25) is 4.57 Å². The predicted octanol–water partition coefficient (Wildman–Crippen LogP) is 7.27. The summed E-state index contributed by atoms with van der Waals surface area (Å²) in [5.41, 5.74) is 6.70. The highest BCUT2D eigenvalue weighted by Gasteiger charge is 2.46. The Morgan fingerprint density at radius 3 is 2.34 bits per heavy atom. The Labute approximate surface area is 236 Å². The van der Waals surface area contributed by atoms with Crippen molar-refractivity contribution in [3.8, 4) is 28.7 Å². The zero-order chi connectivity index (χ0) is 27.1. The van der Waals surface area contributed by atoms with E-state index in [2.05, 4.69) is 110 Å². The largest absolute Gasteiger partial charge is 0.515 e. The van der Waals surface area contributed by atoms with Gasteiger partial charge in [-0.2, -0.15) is 0 Å². The maximum atomic E-state index is 6.53. The molecule has 0 unspecified atom stereocenters. The summed E-state index contributed by atoms with van der Waals surface area (Å²) in [5, 5.41) is 2.35. The van der Waals surface area contributed by atoms with Crippen LogP contribution in [0.1, 0.15) is 0 Å². The molecule has 7 nitrogen and oxygen atoms in total. The van der Waals surface area contributed by atoms with Crippen molar-refractivity contribution < 1.29 is 4.74 Å². The molecule has 41 heavy (non-hydrogen) atoms. The number of ether oxygens (including phenoxy) is 1. The van der Waals surface area contributed by atoms with Gasteiger partial charge in [0.25, 0.3) is 0 Å². The summed E-state index contributed by atoms with van der Waals surface area (Å²) in [7, 11) is 2.14. The number of aromatic nitrogens is 4. The van der Waals surface area contributed by atoms with Gasteiger partial charge in [-0.1, -0.05) is 36.4 Å². The normalized spacial score (nSPS) is 13.3. The lowest BCUT2D eigenvalue weighted by Crippen LogP contribution is -2.52. The van der Waals surface area contributed by atoms with Crippen LogP contribution in [0.3, 0.4) is 0 Å². The monoisotopic (exact) mass is 530 g/mol. The summed E-state index contributed by atoms with van der Waals surface area (Å²) < 4.78 is 11.0. The quantitative estimate of drug-likeness (QED) is 0.225. The second-order valence-electron chi connectivity index (χ2n) is 10.5. The number of imidazole rings is 1. The molecule has 8 heteroatoms. The number of nitrogens with zero attached hydrogens (tertiary/aromatic N) is 6. The summed E-state index contributed by atoms with van der Waals surface area (Å²) in [6.45, 7) is 0. The molecule has 0 amide bonds. The van der Waals surface area contributed by atoms with Gasteiger partial charge in [-0.15, -0.1) is 0 Å². The van der Waals surface area contributed by atoms with Gasteiger partial charge >= 0.3 is 7.12 Å². The van der Waals surface area contributed by atoms with Gasteiger partial charge in [0.1, 0.15) is 23.1 Å². The van der Waals surface area contributed by atoms with Gasteiger partial charge in [0, 0.05) is 46.7 Å². The van der Waals surface area contributed by atoms with Crippen LogP contribution in [0.4, 0.5) is 17.1 Å². The summed E-state index contributed by atoms with van der Waals surface area (Å²) in [5.74, 6) is 3.33. The van der Waals surface area contributed by atoms with E-state index in [1.807, 2.05) is 42.7 Å². The van der Waals surface area contributed by atoms with Crippen molar-refractivity contribution in [3.05, 3.63) is 122 Å². The van der Waals surface area contributed by atoms with Crippen molar-refractivity contribution in [2.24, 2.45) is 0 Å². The number of hydrogen-bond donors (Lipinski definition) is 0. The van der Waals surface area contributed by atoms with Crippen LogP contribution in [0, 0.1) is 0 Å². The third-order valence-electron chi connectivity index (χ3n) is 8.24. The number of pyridine rings is 1. The average molecular weight is 530 g/mol. The Balaban J connectivity index is 1.16. The highest BCUT2D eigenvalue weighted by atomic mass is 16.5. The molecular weight excluding hydrogens is 507 g/mol. The zero-order valence-electron chi connectivity index (χ0n) is 22.2. The zero-order valence-corrected chi connectivity index (χ0v) is 22.2. The van der Waals surface area contributed by atoms with Crippen LogP contribution in [-0.4, -0.2) is 33.2 Å². The van der Waals surface area contributed by atoms with Crippen LogP contribution in [0.25, 0.3) is 39.0 Å². The van der Waals surface area contributed by atoms with Gasteiger partial charge < -0.3 is 18.8 Å². The smallest absolute Gasteiger partial charge is 0.457 e. The van der Waals surface area contributed by atoms with Crippen LogP contribution >= 0.6 is 0 Å². The number of anilines is 3. The standard InChI is InChI=1S/C33H23BN6O/c1-37-29-10-4-5-11-30(29)40-28-16-14-22(20-26(28)33-36-18-19-38(33)34(37)40)41-23-13-15-25-24-8-2-3-9-27(24)39(31(25)21-23)32-12-6-7-17-35-32/h2-21H,1H3. The molecule has 5 heterocycles. The molecule has 4 aromatic carbocycles. The first-order valence-electron chi connectivity index (χ1n) is 13.7. The van der Waals surface area contributed by atoms with Gasteiger partial charge in [0.05, 0.1) is 22.4 Å². The molecule has 0 radical (unpaired) electrons. The fraction of sp³-hybridized carbons (Fsp3) is 0.0303. The van der Waals surface area contributed by atoms with Gasteiger partial charge in [-0.25, -0.2) is 9.97 Å². The Morgan fingerprint density at radius 2 is 1.44 bits per heavy atom. The van der Waals surface area contributed by atoms with Crippen molar-refractivity contribution in [2.75, 3.05) is 16.7 Å². The molecule has 0 atom stereocenters. The number of fused-ring (bicyclic) bond motifs is 11. The lowest BCUT2D eigenvalue weighted by molar-refractivity contribution is 0.483. The van der Waals surface area contributed by atoms with Crippen molar-refractivity contribution in [3.63, 3.8) is 0 Å². The van der Waals surface area contributed by atoms with Gasteiger partial charge in [0.2, 0.25) is 0 Å². The lowest BCUT2D eigenvalue weighted by atomic mass is 9.84. The minimum absolute atomic E-state index is 0.0000840. The second kappa shape index (κ2) is 8.25. The number of benzene rings is 4. The van der Waals surface area contributed by atoms with Crippen LogP contribution < -0.4 is 14.4 Å². The Kier molecular flexibility index (Phi) is 4.50. The summed E-state index contributed by atoms with van der Waals surface area (Å²) in [4.78, 5) is 14.1. The number of para-hydroxylation sites is 3. The van der Waals surface area contributed by atoms with Crippen LogP contribution in [0.15, 0.2) is 122 Å². The lowest BCUT2D eigenvalue weighted by Gasteiger charge is -2.34. The van der Waals surface area contributed by atoms with Crippen molar-refractivity contribution >= 4 is 46.0 Å². The SMILES string of the molecule is CN1B2N(c3ccc(Oc4ccc5c6ccccc6n(-c6ccccn6)c5c4)cc3-c3nccn32)c2ccccc21. The summed E-state index contributed by atoms with van der Waals surface area (Å²) in [6, 6.07) is 35.5. The van der Waals surface area contributed by atoms with Crippen LogP contribution in [0.2, 0.25) is 0 Å². The molecule has 2 aliphatic rings. The Hall–Kier alpha value is -5.50. The third kappa shape index (κ3) is 3.10. The second-order valence-corrected chi connectivity index (χ2v) is 10.5. The van der Waals surface area contributed by atoms with Crippen molar-refractivity contribution in [2.45, 2.75) is 0 Å². The van der Waals surface area contributed by atoms with Crippen LogP contribution in [-0.2, 0) is 0 Å². The summed E-state index contributed by atoms with van der Waals surface area (Å²) >= 11 is 0. The first kappa shape index (κ1) is 22.3. The minimum atomic E-state index is 0.0000840. The molecule has 194 valence electrons. The molecule has 0 saturated heterocycles. The molecule has 0 aliphatic carbocycles. The predicted molar refractivity (Wildman–Crippen MR) is 164 cm³/mol. The molecular formula is C33H23BN6O. The van der Waals surface area contributed by atoms with Crippen molar-refractivity contribution in [1.82, 2.24) is 19.0 Å².